The van der Waals surface area contributed by atoms with Crippen LogP contribution in [0.25, 0.3) is 0 Å². The number of hydrogen-bond donors (Lipinski definition) is 1. The highest BCUT2D eigenvalue weighted by Gasteiger charge is 2.38. The Morgan fingerprint density at radius 1 is 1.33 bits per heavy atom. The normalized spacial score (nSPS) is 17.8. The Morgan fingerprint density at radius 2 is 1.95 bits per heavy atom. The predicted octanol–water partition coefficient (Wildman–Crippen LogP) is 3.76. The van der Waals surface area contributed by atoms with Gasteiger partial charge in [-0.2, -0.15) is 0 Å². The van der Waals surface area contributed by atoms with Crippen molar-refractivity contribution in [2.45, 2.75) is 57.0 Å². The minimum Gasteiger partial charge on any atom is -0.413 e. The quantitative estimate of drug-likeness (QED) is 0.797. The Bertz CT molecular complexity index is 666. The molecule has 1 heterocycles. The molecule has 0 saturated heterocycles. The fraction of sp³-hybridized carbons (Fsp3) is 0.571. The molecular formula is C14H22BrNO3SSi. The Balaban J connectivity index is 2.33. The van der Waals surface area contributed by atoms with Crippen molar-refractivity contribution in [3.63, 3.8) is 0 Å². The molecule has 0 radical (unpaired) electrons. The first-order chi connectivity index (χ1) is 9.46. The molecule has 118 valence electrons. The van der Waals surface area contributed by atoms with E-state index in [1.807, 2.05) is 0 Å². The Morgan fingerprint density at radius 3 is 2.52 bits per heavy atom. The Hall–Kier alpha value is -0.213. The topological polar surface area (TPSA) is 55.4 Å². The van der Waals surface area contributed by atoms with Gasteiger partial charge in [0, 0.05) is 11.0 Å². The fourth-order valence-corrected chi connectivity index (χ4v) is 4.64. The van der Waals surface area contributed by atoms with Gasteiger partial charge in [-0.15, -0.1) is 0 Å². The van der Waals surface area contributed by atoms with E-state index in [2.05, 4.69) is 54.5 Å². The maximum atomic E-state index is 11.9. The summed E-state index contributed by atoms with van der Waals surface area (Å²) in [4.78, 5) is 0.375. The summed E-state index contributed by atoms with van der Waals surface area (Å²) in [5.74, 6) is 0. The SMILES string of the molecule is CC(C)(C)[Si](C)(C)OCc1c(Br)ccc2c1CNS2(=O)=O. The molecule has 0 bridgehead atoms. The van der Waals surface area contributed by atoms with Crippen molar-refractivity contribution in [3.05, 3.63) is 27.7 Å². The van der Waals surface area contributed by atoms with Crippen LogP contribution in [0.5, 0.6) is 0 Å². The zero-order valence-electron chi connectivity index (χ0n) is 13.1. The van der Waals surface area contributed by atoms with Crippen LogP contribution >= 0.6 is 15.9 Å². The minimum absolute atomic E-state index is 0.127. The number of halogens is 1. The molecule has 1 aromatic rings. The number of rotatable bonds is 3. The van der Waals surface area contributed by atoms with Gasteiger partial charge in [-0.25, -0.2) is 13.1 Å². The van der Waals surface area contributed by atoms with Crippen LogP contribution in [0.4, 0.5) is 0 Å². The van der Waals surface area contributed by atoms with Crippen molar-refractivity contribution in [2.75, 3.05) is 0 Å². The molecule has 1 aromatic carbocycles. The first kappa shape index (κ1) is 17.1. The fourth-order valence-electron chi connectivity index (χ4n) is 1.96. The maximum Gasteiger partial charge on any atom is 0.241 e. The number of sulfonamides is 1. The molecule has 0 unspecified atom stereocenters. The lowest BCUT2D eigenvalue weighted by atomic mass is 10.1. The van der Waals surface area contributed by atoms with Crippen LogP contribution < -0.4 is 4.72 Å². The molecule has 0 spiro atoms. The van der Waals surface area contributed by atoms with Gasteiger partial charge in [0.15, 0.2) is 8.32 Å². The number of nitrogens with one attached hydrogen (secondary N) is 1. The lowest BCUT2D eigenvalue weighted by Gasteiger charge is -2.36. The molecular weight excluding hydrogens is 370 g/mol. The molecule has 0 saturated carbocycles. The van der Waals surface area contributed by atoms with Gasteiger partial charge in [0.2, 0.25) is 10.0 Å². The van der Waals surface area contributed by atoms with Crippen LogP contribution in [0.15, 0.2) is 21.5 Å². The monoisotopic (exact) mass is 391 g/mol. The van der Waals surface area contributed by atoms with Gasteiger partial charge < -0.3 is 4.43 Å². The van der Waals surface area contributed by atoms with Crippen molar-refractivity contribution in [1.29, 1.82) is 0 Å². The van der Waals surface area contributed by atoms with Crippen LogP contribution in [0.1, 0.15) is 31.9 Å². The largest absolute Gasteiger partial charge is 0.413 e. The van der Waals surface area contributed by atoms with Crippen molar-refractivity contribution in [3.8, 4) is 0 Å². The van der Waals surface area contributed by atoms with Crippen LogP contribution in [0.2, 0.25) is 18.1 Å². The first-order valence-electron chi connectivity index (χ1n) is 6.89. The van der Waals surface area contributed by atoms with E-state index < -0.39 is 18.3 Å². The minimum atomic E-state index is -3.34. The second-order valence-corrected chi connectivity index (χ2v) is 14.3. The van der Waals surface area contributed by atoms with E-state index in [0.717, 1.165) is 15.6 Å². The molecule has 7 heteroatoms. The van der Waals surface area contributed by atoms with Crippen LogP contribution in [-0.4, -0.2) is 16.7 Å². The summed E-state index contributed by atoms with van der Waals surface area (Å²) < 4.78 is 33.5. The summed E-state index contributed by atoms with van der Waals surface area (Å²) in [6.45, 7) is 11.7. The first-order valence-corrected chi connectivity index (χ1v) is 12.1. The van der Waals surface area contributed by atoms with Crippen LogP contribution in [0.3, 0.4) is 0 Å². The molecule has 1 aliphatic rings. The molecule has 0 aromatic heterocycles. The number of hydrogen-bond acceptors (Lipinski definition) is 3. The third kappa shape index (κ3) is 3.27. The van der Waals surface area contributed by atoms with Gasteiger partial charge in [0.05, 0.1) is 11.5 Å². The van der Waals surface area contributed by atoms with E-state index in [1.54, 1.807) is 12.1 Å². The highest BCUT2D eigenvalue weighted by atomic mass is 79.9. The summed E-state index contributed by atoms with van der Waals surface area (Å²) in [7, 11) is -5.21. The predicted molar refractivity (Wildman–Crippen MR) is 90.2 cm³/mol. The van der Waals surface area contributed by atoms with Gasteiger partial charge in [-0.3, -0.25) is 0 Å². The van der Waals surface area contributed by atoms with Gasteiger partial charge >= 0.3 is 0 Å². The van der Waals surface area contributed by atoms with E-state index >= 15 is 0 Å². The van der Waals surface area contributed by atoms with Crippen molar-refractivity contribution in [1.82, 2.24) is 4.72 Å². The lowest BCUT2D eigenvalue weighted by molar-refractivity contribution is 0.274. The third-order valence-corrected chi connectivity index (χ3v) is 11.2. The third-order valence-electron chi connectivity index (χ3n) is 4.44. The second-order valence-electron chi connectivity index (χ2n) is 6.88. The highest BCUT2D eigenvalue weighted by Crippen LogP contribution is 2.38. The van der Waals surface area contributed by atoms with E-state index in [4.69, 9.17) is 4.43 Å². The van der Waals surface area contributed by atoms with Crippen molar-refractivity contribution >= 4 is 34.3 Å². The average Bonchev–Trinajstić information content (AvgIpc) is 2.62. The smallest absolute Gasteiger partial charge is 0.241 e. The molecule has 0 aliphatic carbocycles. The molecule has 0 atom stereocenters. The van der Waals surface area contributed by atoms with Gasteiger partial charge in [-0.1, -0.05) is 36.7 Å². The summed E-state index contributed by atoms with van der Waals surface area (Å²) in [5, 5.41) is 0.127. The molecule has 1 aliphatic heterocycles. The van der Waals surface area contributed by atoms with E-state index in [9.17, 15) is 8.42 Å². The average molecular weight is 392 g/mol. The van der Waals surface area contributed by atoms with Crippen molar-refractivity contribution in [2.24, 2.45) is 0 Å². The van der Waals surface area contributed by atoms with Crippen LogP contribution in [0, 0.1) is 0 Å². The molecule has 0 fully saturated rings. The molecule has 2 rings (SSSR count). The van der Waals surface area contributed by atoms with Crippen LogP contribution in [-0.2, 0) is 27.6 Å². The standard InChI is InChI=1S/C14H22BrNO3SSi/c1-14(2,3)21(4,5)19-9-11-10-8-16-20(17,18)13(10)7-6-12(11)15/h6-7,16H,8-9H2,1-5H3. The summed E-state index contributed by atoms with van der Waals surface area (Å²) in [5.41, 5.74) is 1.76. The summed E-state index contributed by atoms with van der Waals surface area (Å²) in [6, 6.07) is 3.43. The van der Waals surface area contributed by atoms with Gasteiger partial charge in [0.25, 0.3) is 0 Å². The second kappa shape index (κ2) is 5.45. The van der Waals surface area contributed by atoms with Gasteiger partial charge in [0.1, 0.15) is 0 Å². The molecule has 1 N–H and O–H groups in total. The van der Waals surface area contributed by atoms with Gasteiger partial charge in [-0.05, 0) is 41.4 Å². The van der Waals surface area contributed by atoms with E-state index in [1.165, 1.54) is 0 Å². The number of fused-ring (bicyclic) bond motifs is 1. The lowest BCUT2D eigenvalue weighted by Crippen LogP contribution is -2.40. The Kier molecular flexibility index (Phi) is 4.45. The summed E-state index contributed by atoms with van der Waals surface area (Å²) >= 11 is 3.52. The zero-order valence-corrected chi connectivity index (χ0v) is 16.5. The molecule has 0 amide bonds. The van der Waals surface area contributed by atoms with E-state index in [0.29, 0.717) is 18.0 Å². The highest BCUT2D eigenvalue weighted by molar-refractivity contribution is 9.10. The maximum absolute atomic E-state index is 11.9. The summed E-state index contributed by atoms with van der Waals surface area (Å²) in [6.07, 6.45) is 0. The molecule has 4 nitrogen and oxygen atoms in total. The number of benzene rings is 1. The molecule has 21 heavy (non-hydrogen) atoms. The zero-order chi connectivity index (χ0) is 16.1. The van der Waals surface area contributed by atoms with Crippen molar-refractivity contribution < 1.29 is 12.8 Å². The Labute approximate surface area is 136 Å². The van der Waals surface area contributed by atoms with E-state index in [-0.39, 0.29) is 5.04 Å².